The summed E-state index contributed by atoms with van der Waals surface area (Å²) in [6, 6.07) is 7.36. The molecular weight excluding hydrogens is 396 g/mol. The number of carbonyl (C=O) groups is 1. The maximum Gasteiger partial charge on any atom is 0.234 e. The third kappa shape index (κ3) is 3.56. The van der Waals surface area contributed by atoms with E-state index in [0.717, 1.165) is 28.6 Å². The highest BCUT2D eigenvalue weighted by Crippen LogP contribution is 2.27. The maximum atomic E-state index is 12.4. The zero-order valence-electron chi connectivity index (χ0n) is 15.0. The summed E-state index contributed by atoms with van der Waals surface area (Å²) in [4.78, 5) is 12.4. The largest absolute Gasteiger partial charge is 0.469 e. The number of furan rings is 1. The van der Waals surface area contributed by atoms with E-state index in [2.05, 4.69) is 30.8 Å². The van der Waals surface area contributed by atoms with Gasteiger partial charge in [-0.3, -0.25) is 9.36 Å². The lowest BCUT2D eigenvalue weighted by Gasteiger charge is -2.08. The van der Waals surface area contributed by atoms with E-state index in [-0.39, 0.29) is 11.7 Å². The summed E-state index contributed by atoms with van der Waals surface area (Å²) in [6.45, 7) is 6.20. The van der Waals surface area contributed by atoms with Crippen LogP contribution in [0, 0.1) is 6.92 Å². The highest BCUT2D eigenvalue weighted by molar-refractivity contribution is 7.99. The standard InChI is InChI=1S/C18H16N6O2S2/c1-3-8-24-17(12-7-9-26-11(12)2)20-21-18(24)27-10-15(25)19-13-5-4-6-14-16(13)23-28-22-14/h3-7,9H,1,8,10H2,2H3,(H,19,25). The number of fused-ring (bicyclic) bond motifs is 1. The first-order valence-electron chi connectivity index (χ1n) is 8.40. The molecule has 0 atom stereocenters. The third-order valence-electron chi connectivity index (χ3n) is 4.02. The number of nitrogens with zero attached hydrogens (tertiary/aromatic N) is 5. The molecule has 0 unspecified atom stereocenters. The number of allylic oxidation sites excluding steroid dienone is 1. The van der Waals surface area contributed by atoms with Crippen molar-refractivity contribution >= 4 is 46.1 Å². The van der Waals surface area contributed by atoms with Gasteiger partial charge in [-0.1, -0.05) is 23.9 Å². The molecule has 1 amide bonds. The number of thioether (sulfide) groups is 1. The Hall–Kier alpha value is -2.98. The smallest absolute Gasteiger partial charge is 0.234 e. The van der Waals surface area contributed by atoms with Crippen molar-refractivity contribution in [3.8, 4) is 11.4 Å². The molecular formula is C18H16N6O2S2. The van der Waals surface area contributed by atoms with Gasteiger partial charge in [0.05, 0.1) is 35.0 Å². The summed E-state index contributed by atoms with van der Waals surface area (Å²) >= 11 is 2.43. The van der Waals surface area contributed by atoms with E-state index in [1.165, 1.54) is 11.8 Å². The highest BCUT2D eigenvalue weighted by Gasteiger charge is 2.18. The quantitative estimate of drug-likeness (QED) is 0.364. The molecule has 0 aliphatic rings. The van der Waals surface area contributed by atoms with Gasteiger partial charge in [0.1, 0.15) is 16.8 Å². The molecule has 8 nitrogen and oxygen atoms in total. The number of benzene rings is 1. The molecule has 4 rings (SSSR count). The fourth-order valence-corrected chi connectivity index (χ4v) is 4.03. The Morgan fingerprint density at radius 2 is 2.25 bits per heavy atom. The van der Waals surface area contributed by atoms with Gasteiger partial charge in [-0.25, -0.2) is 0 Å². The monoisotopic (exact) mass is 412 g/mol. The number of anilines is 1. The molecule has 10 heteroatoms. The summed E-state index contributed by atoms with van der Waals surface area (Å²) in [5, 5.41) is 12.0. The van der Waals surface area contributed by atoms with Gasteiger partial charge in [0.25, 0.3) is 0 Å². The molecule has 0 fully saturated rings. The van der Waals surface area contributed by atoms with Gasteiger partial charge in [0.2, 0.25) is 5.91 Å². The van der Waals surface area contributed by atoms with E-state index in [1.807, 2.05) is 35.8 Å². The number of rotatable bonds is 7. The fourth-order valence-electron chi connectivity index (χ4n) is 2.73. The molecule has 0 bridgehead atoms. The van der Waals surface area contributed by atoms with Crippen molar-refractivity contribution < 1.29 is 9.21 Å². The lowest BCUT2D eigenvalue weighted by molar-refractivity contribution is -0.113. The van der Waals surface area contributed by atoms with Crippen LogP contribution in [0.3, 0.4) is 0 Å². The molecule has 0 saturated heterocycles. The van der Waals surface area contributed by atoms with Crippen molar-refractivity contribution in [3.63, 3.8) is 0 Å². The van der Waals surface area contributed by atoms with Crippen LogP contribution in [0.2, 0.25) is 0 Å². The van der Waals surface area contributed by atoms with Crippen LogP contribution >= 0.6 is 23.5 Å². The first-order valence-corrected chi connectivity index (χ1v) is 10.1. The molecule has 0 aliphatic carbocycles. The summed E-state index contributed by atoms with van der Waals surface area (Å²) in [5.74, 6) is 1.48. The van der Waals surface area contributed by atoms with E-state index >= 15 is 0 Å². The van der Waals surface area contributed by atoms with Gasteiger partial charge < -0.3 is 9.73 Å². The second-order valence-electron chi connectivity index (χ2n) is 5.87. The van der Waals surface area contributed by atoms with Gasteiger partial charge >= 0.3 is 0 Å². The van der Waals surface area contributed by atoms with Crippen LogP contribution in [-0.4, -0.2) is 35.2 Å². The fraction of sp³-hybridized carbons (Fsp3) is 0.167. The Balaban J connectivity index is 1.49. The molecule has 3 aromatic heterocycles. The lowest BCUT2D eigenvalue weighted by Crippen LogP contribution is -2.15. The van der Waals surface area contributed by atoms with E-state index in [9.17, 15) is 4.79 Å². The average Bonchev–Trinajstić information content (AvgIpc) is 3.41. The Labute approximate surface area is 169 Å². The van der Waals surface area contributed by atoms with E-state index < -0.39 is 0 Å². The molecule has 142 valence electrons. The Morgan fingerprint density at radius 1 is 1.36 bits per heavy atom. The second kappa shape index (κ2) is 7.95. The SMILES string of the molecule is C=CCn1c(SCC(=O)Nc2cccc3nsnc23)nnc1-c1ccoc1C. The number of hydrogen-bond acceptors (Lipinski definition) is 8. The molecule has 0 saturated carbocycles. The molecule has 3 heterocycles. The topological polar surface area (TPSA) is 98.7 Å². The van der Waals surface area contributed by atoms with Crippen LogP contribution in [-0.2, 0) is 11.3 Å². The minimum Gasteiger partial charge on any atom is -0.469 e. The molecule has 4 aromatic rings. The highest BCUT2D eigenvalue weighted by atomic mass is 32.2. The van der Waals surface area contributed by atoms with Crippen molar-refractivity contribution in [1.29, 1.82) is 0 Å². The second-order valence-corrected chi connectivity index (χ2v) is 7.34. The normalized spacial score (nSPS) is 11.0. The Morgan fingerprint density at radius 3 is 3.04 bits per heavy atom. The lowest BCUT2D eigenvalue weighted by atomic mass is 10.2. The van der Waals surface area contributed by atoms with Gasteiger partial charge in [-0.15, -0.1) is 16.8 Å². The first kappa shape index (κ1) is 18.4. The van der Waals surface area contributed by atoms with Crippen molar-refractivity contribution in [2.75, 3.05) is 11.1 Å². The van der Waals surface area contributed by atoms with Gasteiger partial charge in [0, 0.05) is 6.54 Å². The predicted octanol–water partition coefficient (Wildman–Crippen LogP) is 3.77. The number of carbonyl (C=O) groups excluding carboxylic acids is 1. The maximum absolute atomic E-state index is 12.4. The molecule has 28 heavy (non-hydrogen) atoms. The zero-order valence-corrected chi connectivity index (χ0v) is 16.6. The van der Waals surface area contributed by atoms with Crippen LogP contribution in [0.1, 0.15) is 5.76 Å². The summed E-state index contributed by atoms with van der Waals surface area (Å²) in [6.07, 6.45) is 3.38. The van der Waals surface area contributed by atoms with Crippen molar-refractivity contribution in [1.82, 2.24) is 23.5 Å². The number of hydrogen-bond donors (Lipinski definition) is 1. The third-order valence-corrected chi connectivity index (χ3v) is 5.53. The van der Waals surface area contributed by atoms with Crippen LogP contribution in [0.5, 0.6) is 0 Å². The molecule has 0 radical (unpaired) electrons. The van der Waals surface area contributed by atoms with Crippen LogP contribution in [0.25, 0.3) is 22.4 Å². The number of aryl methyl sites for hydroxylation is 1. The molecule has 0 aliphatic heterocycles. The van der Waals surface area contributed by atoms with Crippen LogP contribution in [0.4, 0.5) is 5.69 Å². The van der Waals surface area contributed by atoms with E-state index in [4.69, 9.17) is 4.42 Å². The predicted molar refractivity (Wildman–Crippen MR) is 109 cm³/mol. The molecule has 1 aromatic carbocycles. The average molecular weight is 413 g/mol. The van der Waals surface area contributed by atoms with Crippen molar-refractivity contribution in [3.05, 3.63) is 48.9 Å². The summed E-state index contributed by atoms with van der Waals surface area (Å²) < 4.78 is 15.7. The van der Waals surface area contributed by atoms with Crippen LogP contribution in [0.15, 0.2) is 52.8 Å². The van der Waals surface area contributed by atoms with E-state index in [1.54, 1.807) is 12.3 Å². The number of nitrogens with one attached hydrogen (secondary N) is 1. The van der Waals surface area contributed by atoms with Gasteiger partial charge in [-0.2, -0.15) is 8.75 Å². The molecule has 1 N–H and O–H groups in total. The Bertz CT molecular complexity index is 1150. The first-order chi connectivity index (χ1) is 13.7. The molecule has 0 spiro atoms. The Kier molecular flexibility index (Phi) is 5.22. The van der Waals surface area contributed by atoms with Gasteiger partial charge in [0.15, 0.2) is 11.0 Å². The number of amides is 1. The summed E-state index contributed by atoms with van der Waals surface area (Å²) in [7, 11) is 0. The summed E-state index contributed by atoms with van der Waals surface area (Å²) in [5.41, 5.74) is 2.98. The number of aromatic nitrogens is 5. The van der Waals surface area contributed by atoms with Gasteiger partial charge in [-0.05, 0) is 25.1 Å². The van der Waals surface area contributed by atoms with Crippen molar-refractivity contribution in [2.24, 2.45) is 0 Å². The zero-order chi connectivity index (χ0) is 19.5. The van der Waals surface area contributed by atoms with E-state index in [0.29, 0.717) is 28.7 Å². The van der Waals surface area contributed by atoms with Crippen LogP contribution < -0.4 is 5.32 Å². The minimum absolute atomic E-state index is 0.153. The van der Waals surface area contributed by atoms with Crippen molar-refractivity contribution in [2.45, 2.75) is 18.6 Å². The minimum atomic E-state index is -0.153.